The molecule has 4 nitrogen and oxygen atoms in total. The average molecular weight is 221 g/mol. The lowest BCUT2D eigenvalue weighted by molar-refractivity contribution is 0.110. The summed E-state index contributed by atoms with van der Waals surface area (Å²) in [5.41, 5.74) is 6.99. The number of pyridine rings is 1. The minimum Gasteiger partial charge on any atom is -0.376 e. The molecule has 0 amide bonds. The maximum absolute atomic E-state index is 5.57. The first kappa shape index (κ1) is 9.08. The molecule has 0 fully saturated rings. The van der Waals surface area contributed by atoms with Gasteiger partial charge in [0, 0.05) is 12.0 Å². The highest BCUT2D eigenvalue weighted by molar-refractivity contribution is 7.17. The van der Waals surface area contributed by atoms with Crippen molar-refractivity contribution in [2.45, 2.75) is 13.0 Å². The molecule has 0 radical (unpaired) electrons. The minimum atomic E-state index is 0.607. The van der Waals surface area contributed by atoms with Crippen LogP contribution in [0.4, 0.5) is 5.69 Å². The first-order chi connectivity index (χ1) is 7.40. The molecule has 0 saturated heterocycles. The number of nitrogens with two attached hydrogens (primary N) is 1. The first-order valence-electron chi connectivity index (χ1n) is 4.83. The second kappa shape index (κ2) is 3.44. The number of nitrogens with one attached hydrogen (secondary N) is 1. The molecule has 1 aliphatic heterocycles. The van der Waals surface area contributed by atoms with Crippen molar-refractivity contribution in [3.8, 4) is 0 Å². The van der Waals surface area contributed by atoms with E-state index in [-0.39, 0.29) is 0 Å². The van der Waals surface area contributed by atoms with E-state index < -0.39 is 0 Å². The number of rotatable bonds is 1. The molecule has 78 valence electrons. The highest BCUT2D eigenvalue weighted by Gasteiger charge is 2.18. The number of hydrazine groups is 1. The number of thiophene rings is 1. The van der Waals surface area contributed by atoms with Gasteiger partial charge in [0.15, 0.2) is 0 Å². The Kier molecular flexibility index (Phi) is 2.09. The van der Waals surface area contributed by atoms with Gasteiger partial charge in [-0.2, -0.15) is 0 Å². The van der Waals surface area contributed by atoms with E-state index in [1.54, 1.807) is 11.3 Å². The standard InChI is InChI=1S/C10H11N3OS/c11-13-9-6-5-14-3-1-7(6)12-8-2-4-15-10(8)9/h2,4H,1,3,5,11H2,(H,12,13). The summed E-state index contributed by atoms with van der Waals surface area (Å²) < 4.78 is 6.55. The fraction of sp³-hybridized carbons (Fsp3) is 0.300. The summed E-state index contributed by atoms with van der Waals surface area (Å²) in [6, 6.07) is 2.02. The van der Waals surface area contributed by atoms with Crippen LogP contribution in [0.3, 0.4) is 0 Å². The zero-order valence-electron chi connectivity index (χ0n) is 8.12. The fourth-order valence-electron chi connectivity index (χ4n) is 1.93. The van der Waals surface area contributed by atoms with E-state index in [9.17, 15) is 0 Å². The molecule has 5 heteroatoms. The Morgan fingerprint density at radius 2 is 2.47 bits per heavy atom. The number of ether oxygens (including phenoxy) is 1. The molecule has 3 rings (SSSR count). The summed E-state index contributed by atoms with van der Waals surface area (Å²) in [5.74, 6) is 5.57. The third-order valence-corrected chi connectivity index (χ3v) is 3.57. The van der Waals surface area contributed by atoms with Crippen LogP contribution in [0.5, 0.6) is 0 Å². The second-order valence-corrected chi connectivity index (χ2v) is 4.41. The number of nitrogen functional groups attached to an aromatic ring is 1. The maximum Gasteiger partial charge on any atom is 0.0834 e. The predicted molar refractivity (Wildman–Crippen MR) is 60.8 cm³/mol. The van der Waals surface area contributed by atoms with Crippen LogP contribution in [0.2, 0.25) is 0 Å². The van der Waals surface area contributed by atoms with Crippen LogP contribution in [0.1, 0.15) is 11.3 Å². The van der Waals surface area contributed by atoms with E-state index in [1.165, 1.54) is 0 Å². The average Bonchev–Trinajstić information content (AvgIpc) is 2.73. The molecule has 0 saturated carbocycles. The van der Waals surface area contributed by atoms with Crippen LogP contribution in [-0.2, 0) is 17.8 Å². The highest BCUT2D eigenvalue weighted by Crippen LogP contribution is 2.33. The van der Waals surface area contributed by atoms with Crippen molar-refractivity contribution < 1.29 is 4.74 Å². The normalized spacial score (nSPS) is 15.3. The molecule has 0 aliphatic carbocycles. The zero-order chi connectivity index (χ0) is 10.3. The molecule has 3 N–H and O–H groups in total. The quantitative estimate of drug-likeness (QED) is 0.568. The van der Waals surface area contributed by atoms with E-state index in [1.807, 2.05) is 11.4 Å². The van der Waals surface area contributed by atoms with Crippen LogP contribution in [-0.4, -0.2) is 11.6 Å². The number of fused-ring (bicyclic) bond motifs is 2. The molecular formula is C10H11N3OS. The number of anilines is 1. The van der Waals surface area contributed by atoms with Gasteiger partial charge in [-0.15, -0.1) is 11.3 Å². The Balaban J connectivity index is 2.34. The van der Waals surface area contributed by atoms with Gasteiger partial charge in [-0.3, -0.25) is 10.8 Å². The van der Waals surface area contributed by atoms with Crippen molar-refractivity contribution >= 4 is 27.2 Å². The minimum absolute atomic E-state index is 0.607. The molecule has 0 atom stereocenters. The van der Waals surface area contributed by atoms with Crippen molar-refractivity contribution in [1.29, 1.82) is 0 Å². The van der Waals surface area contributed by atoms with Crippen molar-refractivity contribution in [1.82, 2.24) is 4.98 Å². The predicted octanol–water partition coefficient (Wildman–Crippen LogP) is 1.65. The largest absolute Gasteiger partial charge is 0.376 e. The van der Waals surface area contributed by atoms with Gasteiger partial charge >= 0.3 is 0 Å². The number of hydrogen-bond donors (Lipinski definition) is 2. The van der Waals surface area contributed by atoms with Gasteiger partial charge in [0.2, 0.25) is 0 Å². The molecule has 0 spiro atoms. The molecule has 3 heterocycles. The fourth-order valence-corrected chi connectivity index (χ4v) is 2.80. The lowest BCUT2D eigenvalue weighted by Crippen LogP contribution is -2.17. The second-order valence-electron chi connectivity index (χ2n) is 3.49. The van der Waals surface area contributed by atoms with Crippen LogP contribution in [0.25, 0.3) is 10.2 Å². The summed E-state index contributed by atoms with van der Waals surface area (Å²) >= 11 is 1.65. The summed E-state index contributed by atoms with van der Waals surface area (Å²) in [6.07, 6.45) is 0.871. The topological polar surface area (TPSA) is 60.2 Å². The summed E-state index contributed by atoms with van der Waals surface area (Å²) in [5, 5.41) is 2.03. The molecule has 0 unspecified atom stereocenters. The molecule has 2 aromatic heterocycles. The lowest BCUT2D eigenvalue weighted by atomic mass is 10.1. The third kappa shape index (κ3) is 1.31. The summed E-state index contributed by atoms with van der Waals surface area (Å²) in [7, 11) is 0. The monoisotopic (exact) mass is 221 g/mol. The summed E-state index contributed by atoms with van der Waals surface area (Å²) in [6.45, 7) is 1.36. The third-order valence-electron chi connectivity index (χ3n) is 2.65. The Morgan fingerprint density at radius 1 is 1.53 bits per heavy atom. The lowest BCUT2D eigenvalue weighted by Gasteiger charge is -2.19. The van der Waals surface area contributed by atoms with Gasteiger partial charge in [0.05, 0.1) is 34.8 Å². The molecule has 0 bridgehead atoms. The number of hydrogen-bond acceptors (Lipinski definition) is 5. The van der Waals surface area contributed by atoms with Gasteiger partial charge < -0.3 is 10.2 Å². The van der Waals surface area contributed by atoms with Crippen LogP contribution >= 0.6 is 11.3 Å². The van der Waals surface area contributed by atoms with Gasteiger partial charge in [0.25, 0.3) is 0 Å². The summed E-state index contributed by atoms with van der Waals surface area (Å²) in [4.78, 5) is 4.62. The van der Waals surface area contributed by atoms with Gasteiger partial charge in [-0.1, -0.05) is 0 Å². The molecule has 1 aliphatic rings. The Bertz CT molecular complexity index is 509. The molecule has 0 aromatic carbocycles. The van der Waals surface area contributed by atoms with Gasteiger partial charge in [-0.05, 0) is 11.4 Å². The van der Waals surface area contributed by atoms with Crippen molar-refractivity contribution in [2.24, 2.45) is 5.84 Å². The Morgan fingerprint density at radius 3 is 3.33 bits per heavy atom. The molecule has 15 heavy (non-hydrogen) atoms. The smallest absolute Gasteiger partial charge is 0.0834 e. The number of nitrogens with zero attached hydrogens (tertiary/aromatic N) is 1. The van der Waals surface area contributed by atoms with E-state index in [0.29, 0.717) is 6.61 Å². The highest BCUT2D eigenvalue weighted by atomic mass is 32.1. The van der Waals surface area contributed by atoms with E-state index in [4.69, 9.17) is 10.6 Å². The number of aromatic nitrogens is 1. The van der Waals surface area contributed by atoms with Crippen LogP contribution < -0.4 is 11.3 Å². The zero-order valence-corrected chi connectivity index (χ0v) is 8.93. The van der Waals surface area contributed by atoms with Gasteiger partial charge in [0.1, 0.15) is 0 Å². The van der Waals surface area contributed by atoms with Crippen LogP contribution in [0.15, 0.2) is 11.4 Å². The van der Waals surface area contributed by atoms with E-state index in [2.05, 4.69) is 10.4 Å². The van der Waals surface area contributed by atoms with Crippen molar-refractivity contribution in [2.75, 3.05) is 12.0 Å². The van der Waals surface area contributed by atoms with Crippen molar-refractivity contribution in [3.05, 3.63) is 22.7 Å². The van der Waals surface area contributed by atoms with Crippen molar-refractivity contribution in [3.63, 3.8) is 0 Å². The molecular weight excluding hydrogens is 210 g/mol. The Hall–Kier alpha value is -1.17. The van der Waals surface area contributed by atoms with Gasteiger partial charge in [-0.25, -0.2) is 0 Å². The molecule has 2 aromatic rings. The first-order valence-corrected chi connectivity index (χ1v) is 5.71. The van der Waals surface area contributed by atoms with Crippen LogP contribution in [0, 0.1) is 0 Å². The van der Waals surface area contributed by atoms with E-state index >= 15 is 0 Å². The van der Waals surface area contributed by atoms with E-state index in [0.717, 1.165) is 40.2 Å². The SMILES string of the molecule is NNc1c2c(nc3ccsc13)CCOC2. The Labute approximate surface area is 91.0 Å². The maximum atomic E-state index is 5.57.